The number of hydrogen-bond donors (Lipinski definition) is 4. The number of hydrogen-bond acceptors (Lipinski definition) is 14. The van der Waals surface area contributed by atoms with E-state index in [9.17, 15) is 42.0 Å². The van der Waals surface area contributed by atoms with Crippen molar-refractivity contribution in [3.63, 3.8) is 0 Å². The lowest BCUT2D eigenvalue weighted by Crippen LogP contribution is -2.54. The van der Waals surface area contributed by atoms with Gasteiger partial charge in [-0.3, -0.25) is 47.8 Å². The Labute approximate surface area is 376 Å². The molecule has 2 aliphatic rings. The lowest BCUT2D eigenvalue weighted by atomic mass is 10.0. The third kappa shape index (κ3) is 11.7. The van der Waals surface area contributed by atoms with Crippen molar-refractivity contribution in [2.75, 3.05) is 51.2 Å². The normalized spacial score (nSPS) is 14.8. The smallest absolute Gasteiger partial charge is 0.262 e. The average molecular weight is 926 g/mol. The first-order valence-electron chi connectivity index (χ1n) is 20.3. The van der Waals surface area contributed by atoms with Gasteiger partial charge in [0.15, 0.2) is 5.13 Å². The van der Waals surface area contributed by atoms with Gasteiger partial charge in [0.2, 0.25) is 33.7 Å². The highest BCUT2D eigenvalue weighted by Crippen LogP contribution is 2.31. The van der Waals surface area contributed by atoms with Gasteiger partial charge >= 0.3 is 0 Å². The lowest BCUT2D eigenvalue weighted by Gasteiger charge is -2.27. The van der Waals surface area contributed by atoms with Crippen LogP contribution >= 0.6 is 11.3 Å². The highest BCUT2D eigenvalue weighted by atomic mass is 32.2. The van der Waals surface area contributed by atoms with Crippen molar-refractivity contribution in [3.8, 4) is 28.1 Å². The number of benzene rings is 3. The number of thiazole rings is 1. The average Bonchev–Trinajstić information content (AvgIpc) is 4.04. The summed E-state index contributed by atoms with van der Waals surface area (Å²) in [5, 5.41) is 12.4. The molecule has 1 atom stereocenters. The molecule has 7 amide bonds. The second-order valence-corrected chi connectivity index (χ2v) is 17.5. The molecule has 0 aliphatic carbocycles. The Bertz CT molecular complexity index is 2770. The van der Waals surface area contributed by atoms with Crippen molar-refractivity contribution in [1.29, 1.82) is 0 Å². The van der Waals surface area contributed by atoms with Crippen molar-refractivity contribution >= 4 is 67.8 Å². The molecule has 5 aromatic rings. The monoisotopic (exact) mass is 925 g/mol. The topological polar surface area (TPSA) is 250 Å². The summed E-state index contributed by atoms with van der Waals surface area (Å²) >= 11 is 1.22. The van der Waals surface area contributed by atoms with Gasteiger partial charge < -0.3 is 30.2 Å². The molecular weight excluding hydrogens is 883 g/mol. The molecule has 338 valence electrons. The molecule has 4 heterocycles. The number of nitrogens with one attached hydrogen (secondary N) is 4. The Balaban J connectivity index is 0.774. The quantitative estimate of drug-likeness (QED) is 0.0649. The van der Waals surface area contributed by atoms with Crippen LogP contribution in [-0.4, -0.2) is 116 Å². The van der Waals surface area contributed by atoms with Crippen LogP contribution in [0.2, 0.25) is 0 Å². The molecule has 2 aromatic heterocycles. The van der Waals surface area contributed by atoms with Crippen molar-refractivity contribution in [3.05, 3.63) is 113 Å². The number of amides is 7. The van der Waals surface area contributed by atoms with Gasteiger partial charge in [-0.05, 0) is 59.5 Å². The number of imide groups is 2. The van der Waals surface area contributed by atoms with Crippen LogP contribution in [0.25, 0.3) is 22.4 Å². The van der Waals surface area contributed by atoms with E-state index < -0.39 is 51.5 Å². The van der Waals surface area contributed by atoms with E-state index in [1.165, 1.54) is 41.9 Å². The molecule has 0 radical (unpaired) electrons. The number of anilines is 1. The van der Waals surface area contributed by atoms with E-state index in [1.54, 1.807) is 11.4 Å². The molecule has 0 bridgehead atoms. The number of fused-ring (bicyclic) bond motifs is 1. The standard InChI is InChI=1S/C44H43N7O12S2/c1-65(59,60)50-14-12-31(25-50)40(55)46-24-39(54)49-44-47-35(26-64-44)30-7-3-6-29(21-30)28-5-2-4-27(20-28)23-45-37(52)13-15-61-16-17-62-18-19-63-32-8-9-33-34(22-32)43(58)51(42(33)57)36-10-11-38(53)48-41(36)56/h2-9,12,14,20-22,25-26,36H,10-11,13,15-19,23-24H2,1H3,(H,45,52)(H,46,55)(H,47,49,54)(H,48,53,56). The molecule has 21 heteroatoms. The SMILES string of the molecule is CS(=O)(=O)n1ccc(C(=O)NCC(=O)Nc2nc(-c3cccc(-c4cccc(CNC(=O)CCOCCOCCOc5ccc6c(c5)C(=O)N(C5CCC(=O)NC5=O)C6=O)c4)c3)cs2)c1. The van der Waals surface area contributed by atoms with Gasteiger partial charge in [0.1, 0.15) is 18.4 Å². The fourth-order valence-electron chi connectivity index (χ4n) is 6.86. The highest BCUT2D eigenvalue weighted by Gasteiger charge is 2.44. The number of rotatable bonds is 20. The third-order valence-corrected chi connectivity index (χ3v) is 11.9. The van der Waals surface area contributed by atoms with Gasteiger partial charge in [-0.25, -0.2) is 13.4 Å². The van der Waals surface area contributed by atoms with E-state index in [0.29, 0.717) is 23.1 Å². The van der Waals surface area contributed by atoms with Crippen LogP contribution in [0, 0.1) is 0 Å². The number of carbonyl (C=O) groups excluding carboxylic acids is 7. The first-order valence-corrected chi connectivity index (χ1v) is 23.0. The predicted octanol–water partition coefficient (Wildman–Crippen LogP) is 2.97. The molecule has 1 saturated heterocycles. The van der Waals surface area contributed by atoms with Gasteiger partial charge in [-0.2, -0.15) is 0 Å². The fourth-order valence-corrected chi connectivity index (χ4v) is 8.18. The summed E-state index contributed by atoms with van der Waals surface area (Å²) in [7, 11) is -3.54. The van der Waals surface area contributed by atoms with E-state index in [4.69, 9.17) is 14.2 Å². The van der Waals surface area contributed by atoms with Gasteiger partial charge in [0.05, 0.1) is 61.6 Å². The van der Waals surface area contributed by atoms with E-state index in [-0.39, 0.29) is 81.4 Å². The van der Waals surface area contributed by atoms with Crippen molar-refractivity contribution in [1.82, 2.24) is 29.8 Å². The Morgan fingerprint density at radius 3 is 2.32 bits per heavy atom. The van der Waals surface area contributed by atoms with Gasteiger partial charge in [-0.1, -0.05) is 36.4 Å². The molecule has 7 rings (SSSR count). The van der Waals surface area contributed by atoms with Crippen LogP contribution in [-0.2, 0) is 45.2 Å². The Morgan fingerprint density at radius 1 is 0.831 bits per heavy atom. The van der Waals surface area contributed by atoms with E-state index in [0.717, 1.165) is 37.4 Å². The highest BCUT2D eigenvalue weighted by molar-refractivity contribution is 7.89. The summed E-state index contributed by atoms with van der Waals surface area (Å²) in [6.07, 6.45) is 3.68. The molecule has 1 unspecified atom stereocenters. The van der Waals surface area contributed by atoms with Gasteiger partial charge in [0.25, 0.3) is 17.7 Å². The van der Waals surface area contributed by atoms with Crippen molar-refractivity contribution in [2.24, 2.45) is 0 Å². The lowest BCUT2D eigenvalue weighted by molar-refractivity contribution is -0.136. The molecule has 0 saturated carbocycles. The largest absolute Gasteiger partial charge is 0.491 e. The van der Waals surface area contributed by atoms with Crippen LogP contribution in [0.5, 0.6) is 5.75 Å². The number of ether oxygens (including phenoxy) is 3. The number of nitrogens with zero attached hydrogens (tertiary/aromatic N) is 3. The van der Waals surface area contributed by atoms with Crippen molar-refractivity contribution < 1.29 is 56.2 Å². The van der Waals surface area contributed by atoms with E-state index in [1.807, 2.05) is 48.5 Å². The second-order valence-electron chi connectivity index (χ2n) is 14.8. The molecule has 65 heavy (non-hydrogen) atoms. The minimum Gasteiger partial charge on any atom is -0.491 e. The fraction of sp³-hybridized carbons (Fsp3) is 0.273. The summed E-state index contributed by atoms with van der Waals surface area (Å²) < 4.78 is 41.0. The molecule has 3 aromatic carbocycles. The summed E-state index contributed by atoms with van der Waals surface area (Å²) in [5.74, 6) is -3.26. The zero-order chi connectivity index (χ0) is 46.1. The molecule has 1 fully saturated rings. The van der Waals surface area contributed by atoms with Crippen LogP contribution < -0.4 is 26.0 Å². The number of aromatic nitrogens is 2. The van der Waals surface area contributed by atoms with Crippen molar-refractivity contribution in [2.45, 2.75) is 31.8 Å². The minimum absolute atomic E-state index is 0.0355. The van der Waals surface area contributed by atoms with E-state index >= 15 is 0 Å². The van der Waals surface area contributed by atoms with E-state index in [2.05, 4.69) is 26.3 Å². The Hall–Kier alpha value is -7.07. The molecule has 0 spiro atoms. The third-order valence-electron chi connectivity index (χ3n) is 10.1. The zero-order valence-electron chi connectivity index (χ0n) is 34.9. The Morgan fingerprint density at radius 2 is 1.55 bits per heavy atom. The minimum atomic E-state index is -3.54. The predicted molar refractivity (Wildman–Crippen MR) is 235 cm³/mol. The molecule has 19 nitrogen and oxygen atoms in total. The maximum atomic E-state index is 13.0. The first-order chi connectivity index (χ1) is 31.2. The zero-order valence-corrected chi connectivity index (χ0v) is 36.5. The van der Waals surface area contributed by atoms with Crippen LogP contribution in [0.15, 0.2) is 90.6 Å². The maximum absolute atomic E-state index is 13.0. The van der Waals surface area contributed by atoms with Crippen LogP contribution in [0.3, 0.4) is 0 Å². The summed E-state index contributed by atoms with van der Waals surface area (Å²) in [5.41, 5.74) is 4.57. The number of piperidine rings is 1. The molecular formula is C44H43N7O12S2. The number of carbonyl (C=O) groups is 7. The van der Waals surface area contributed by atoms with Gasteiger partial charge in [0, 0.05) is 42.7 Å². The molecule has 2 aliphatic heterocycles. The summed E-state index contributed by atoms with van der Waals surface area (Å²) in [4.78, 5) is 92.6. The summed E-state index contributed by atoms with van der Waals surface area (Å²) in [6.45, 7) is 1.04. The maximum Gasteiger partial charge on any atom is 0.262 e. The summed E-state index contributed by atoms with van der Waals surface area (Å²) in [6, 6.07) is 20.3. The second kappa shape index (κ2) is 20.6. The van der Waals surface area contributed by atoms with Crippen LogP contribution in [0.1, 0.15) is 55.9 Å². The van der Waals surface area contributed by atoms with Crippen LogP contribution in [0.4, 0.5) is 5.13 Å². The Kier molecular flexibility index (Phi) is 14.6. The van der Waals surface area contributed by atoms with Gasteiger partial charge in [-0.15, -0.1) is 11.3 Å². The molecule has 4 N–H and O–H groups in total. The first kappa shape index (κ1) is 45.9.